The molecular formula is C15H28BrNO. The summed E-state index contributed by atoms with van der Waals surface area (Å²) in [6.45, 7) is 16.1. The highest BCUT2D eigenvalue weighted by atomic mass is 79.9. The Hall–Kier alpha value is -0.0200. The number of nitrogens with zero attached hydrogens (tertiary/aromatic N) is 1. The Morgan fingerprint density at radius 3 is 2.28 bits per heavy atom. The van der Waals surface area contributed by atoms with Crippen LogP contribution in [0.15, 0.2) is 12.3 Å². The van der Waals surface area contributed by atoms with Crippen LogP contribution in [-0.4, -0.2) is 35.5 Å². The fraction of sp³-hybridized carbons (Fsp3) is 0.867. The second kappa shape index (κ2) is 6.95. The van der Waals surface area contributed by atoms with Gasteiger partial charge in [-0.1, -0.05) is 36.4 Å². The van der Waals surface area contributed by atoms with Crippen molar-refractivity contribution in [2.24, 2.45) is 5.41 Å². The molecule has 106 valence electrons. The molecule has 0 aromatic heterocycles. The van der Waals surface area contributed by atoms with Gasteiger partial charge in [0, 0.05) is 41.7 Å². The van der Waals surface area contributed by atoms with Gasteiger partial charge >= 0.3 is 0 Å². The maximum Gasteiger partial charge on any atom is 0.0472 e. The summed E-state index contributed by atoms with van der Waals surface area (Å²) in [5.74, 6) is 0. The maximum atomic E-state index is 5.54. The molecule has 0 aromatic rings. The molecule has 1 unspecified atom stereocenters. The van der Waals surface area contributed by atoms with E-state index in [2.05, 4.69) is 55.1 Å². The van der Waals surface area contributed by atoms with Gasteiger partial charge in [-0.15, -0.1) is 0 Å². The maximum absolute atomic E-state index is 5.54. The minimum atomic E-state index is 0.320. The van der Waals surface area contributed by atoms with Crippen LogP contribution in [-0.2, 0) is 4.74 Å². The van der Waals surface area contributed by atoms with Gasteiger partial charge in [-0.05, 0) is 33.1 Å². The van der Waals surface area contributed by atoms with Gasteiger partial charge in [0.15, 0.2) is 0 Å². The van der Waals surface area contributed by atoms with E-state index >= 15 is 0 Å². The van der Waals surface area contributed by atoms with E-state index in [1.165, 1.54) is 5.70 Å². The molecule has 1 aliphatic rings. The predicted octanol–water partition coefficient (Wildman–Crippen LogP) is 4.20. The molecule has 0 spiro atoms. The topological polar surface area (TPSA) is 12.5 Å². The highest BCUT2D eigenvalue weighted by Crippen LogP contribution is 2.40. The summed E-state index contributed by atoms with van der Waals surface area (Å²) in [5.41, 5.74) is 1.57. The van der Waals surface area contributed by atoms with Crippen LogP contribution >= 0.6 is 15.9 Å². The van der Waals surface area contributed by atoms with E-state index < -0.39 is 0 Å². The van der Waals surface area contributed by atoms with Crippen LogP contribution in [0.3, 0.4) is 0 Å². The molecule has 0 aromatic carbocycles. The van der Waals surface area contributed by atoms with Crippen molar-refractivity contribution >= 4 is 15.9 Å². The largest absolute Gasteiger partial charge is 0.381 e. The highest BCUT2D eigenvalue weighted by molar-refractivity contribution is 9.09. The second-order valence-corrected chi connectivity index (χ2v) is 7.11. The second-order valence-electron chi connectivity index (χ2n) is 5.73. The van der Waals surface area contributed by atoms with E-state index in [0.29, 0.717) is 16.3 Å². The first-order valence-corrected chi connectivity index (χ1v) is 8.00. The number of allylic oxidation sites excluding steroid dienone is 1. The molecular weight excluding hydrogens is 290 g/mol. The number of hydrogen-bond donors (Lipinski definition) is 0. The lowest BCUT2D eigenvalue weighted by atomic mass is 9.77. The van der Waals surface area contributed by atoms with E-state index in [9.17, 15) is 0 Å². The van der Waals surface area contributed by atoms with Gasteiger partial charge in [-0.25, -0.2) is 0 Å². The fourth-order valence-electron chi connectivity index (χ4n) is 2.66. The quantitative estimate of drug-likeness (QED) is 0.681. The number of ether oxygens (including phenoxy) is 1. The van der Waals surface area contributed by atoms with Gasteiger partial charge < -0.3 is 9.64 Å². The van der Waals surface area contributed by atoms with Crippen molar-refractivity contribution in [1.82, 2.24) is 4.90 Å². The number of hydrogen-bond acceptors (Lipinski definition) is 2. The van der Waals surface area contributed by atoms with Crippen molar-refractivity contribution in [3.8, 4) is 0 Å². The molecule has 3 heteroatoms. The lowest BCUT2D eigenvalue weighted by Gasteiger charge is -2.45. The molecule has 0 saturated carbocycles. The minimum absolute atomic E-state index is 0.320. The lowest BCUT2D eigenvalue weighted by molar-refractivity contribution is -0.00214. The van der Waals surface area contributed by atoms with E-state index in [0.717, 1.165) is 39.0 Å². The van der Waals surface area contributed by atoms with Gasteiger partial charge in [0.2, 0.25) is 0 Å². The van der Waals surface area contributed by atoms with Gasteiger partial charge in [0.05, 0.1) is 0 Å². The zero-order chi connectivity index (χ0) is 13.8. The Balaban J connectivity index is 2.83. The van der Waals surface area contributed by atoms with Crippen molar-refractivity contribution in [2.45, 2.75) is 57.8 Å². The summed E-state index contributed by atoms with van der Waals surface area (Å²) in [7, 11) is 0. The van der Waals surface area contributed by atoms with E-state index in [1.54, 1.807) is 0 Å². The van der Waals surface area contributed by atoms with Gasteiger partial charge in [-0.2, -0.15) is 0 Å². The monoisotopic (exact) mass is 317 g/mol. The predicted molar refractivity (Wildman–Crippen MR) is 82.1 cm³/mol. The van der Waals surface area contributed by atoms with Crippen molar-refractivity contribution in [3.63, 3.8) is 0 Å². The standard InChI is InChI=1S/C15H28BrNO/c1-6-13(4)17(12(2)3)11-15(14(5)16)7-9-18-10-8-15/h12,14H,4,6-11H2,1-3,5H3. The number of halogens is 1. The van der Waals surface area contributed by atoms with Crippen molar-refractivity contribution < 1.29 is 4.74 Å². The Morgan fingerprint density at radius 2 is 1.89 bits per heavy atom. The molecule has 0 aliphatic carbocycles. The van der Waals surface area contributed by atoms with Crippen molar-refractivity contribution in [1.29, 1.82) is 0 Å². The van der Waals surface area contributed by atoms with E-state index in [1.807, 2.05) is 0 Å². The third-order valence-electron chi connectivity index (χ3n) is 4.26. The lowest BCUT2D eigenvalue weighted by Crippen LogP contribution is -2.47. The van der Waals surface area contributed by atoms with Gasteiger partial charge in [0.25, 0.3) is 0 Å². The first kappa shape index (κ1) is 16.0. The molecule has 0 bridgehead atoms. The Bertz CT molecular complexity index is 270. The Labute approximate surface area is 121 Å². The summed E-state index contributed by atoms with van der Waals surface area (Å²) >= 11 is 3.83. The first-order valence-electron chi connectivity index (χ1n) is 7.09. The summed E-state index contributed by atoms with van der Waals surface area (Å²) in [6.07, 6.45) is 3.31. The van der Waals surface area contributed by atoms with E-state index in [4.69, 9.17) is 4.74 Å². The molecule has 0 radical (unpaired) electrons. The molecule has 1 heterocycles. The molecule has 1 saturated heterocycles. The normalized spacial score (nSPS) is 20.8. The van der Waals surface area contributed by atoms with Crippen LogP contribution in [0.5, 0.6) is 0 Å². The van der Waals surface area contributed by atoms with Crippen LogP contribution in [0.2, 0.25) is 0 Å². The molecule has 0 amide bonds. The summed E-state index contributed by atoms with van der Waals surface area (Å²) in [5, 5.41) is 0. The van der Waals surface area contributed by atoms with Crippen molar-refractivity contribution in [3.05, 3.63) is 12.3 Å². The zero-order valence-corrected chi connectivity index (χ0v) is 13.9. The molecule has 1 fully saturated rings. The highest BCUT2D eigenvalue weighted by Gasteiger charge is 2.39. The Morgan fingerprint density at radius 1 is 1.33 bits per heavy atom. The van der Waals surface area contributed by atoms with Gasteiger partial charge in [0.1, 0.15) is 0 Å². The first-order chi connectivity index (χ1) is 8.43. The van der Waals surface area contributed by atoms with Crippen LogP contribution in [0, 0.1) is 5.41 Å². The molecule has 1 rings (SSSR count). The number of alkyl halides is 1. The van der Waals surface area contributed by atoms with Crippen LogP contribution in [0.1, 0.15) is 47.0 Å². The SMILES string of the molecule is C=C(CC)N(CC1(C(C)Br)CCOCC1)C(C)C. The minimum Gasteiger partial charge on any atom is -0.381 e. The smallest absolute Gasteiger partial charge is 0.0472 e. The van der Waals surface area contributed by atoms with Crippen LogP contribution < -0.4 is 0 Å². The third kappa shape index (κ3) is 3.74. The zero-order valence-electron chi connectivity index (χ0n) is 12.3. The van der Waals surface area contributed by atoms with Crippen LogP contribution in [0.4, 0.5) is 0 Å². The molecule has 18 heavy (non-hydrogen) atoms. The summed E-state index contributed by atoms with van der Waals surface area (Å²) in [4.78, 5) is 2.99. The van der Waals surface area contributed by atoms with Crippen LogP contribution in [0.25, 0.3) is 0 Å². The molecule has 2 nitrogen and oxygen atoms in total. The van der Waals surface area contributed by atoms with E-state index in [-0.39, 0.29) is 0 Å². The van der Waals surface area contributed by atoms with Gasteiger partial charge in [-0.3, -0.25) is 0 Å². The molecule has 1 aliphatic heterocycles. The summed E-state index contributed by atoms with van der Waals surface area (Å²) in [6, 6.07) is 0.517. The molecule has 0 N–H and O–H groups in total. The average molecular weight is 318 g/mol. The molecule has 1 atom stereocenters. The Kier molecular flexibility index (Phi) is 6.19. The van der Waals surface area contributed by atoms with Crippen molar-refractivity contribution in [2.75, 3.05) is 19.8 Å². The third-order valence-corrected chi connectivity index (χ3v) is 5.23. The average Bonchev–Trinajstić information content (AvgIpc) is 2.35. The fourth-order valence-corrected chi connectivity index (χ4v) is 3.26. The summed E-state index contributed by atoms with van der Waals surface area (Å²) < 4.78 is 5.54. The number of rotatable bonds is 6.